The molecule has 1 nitrogen and oxygen atoms in total. The molecule has 0 aromatic heterocycles. The van der Waals surface area contributed by atoms with E-state index in [1.807, 2.05) is 0 Å². The molecule has 0 atom stereocenters. The molecule has 3 aliphatic rings. The predicted molar refractivity (Wildman–Crippen MR) is 262 cm³/mol. The van der Waals surface area contributed by atoms with Crippen LogP contribution in [0.4, 0.5) is 17.1 Å². The summed E-state index contributed by atoms with van der Waals surface area (Å²) in [5.74, 6) is 0. The minimum atomic E-state index is -0.139. The largest absolute Gasteiger partial charge is 0.310 e. The Hall–Kier alpha value is -6.96. The lowest BCUT2D eigenvalue weighted by Crippen LogP contribution is -2.18. The van der Waals surface area contributed by atoms with Crippen molar-refractivity contribution < 1.29 is 0 Å². The Morgan fingerprint density at radius 2 is 0.694 bits per heavy atom. The Bertz CT molecular complexity index is 3220. The molecule has 0 unspecified atom stereocenters. The van der Waals surface area contributed by atoms with Crippen molar-refractivity contribution in [1.82, 2.24) is 0 Å². The van der Waals surface area contributed by atoms with Gasteiger partial charge in [0.2, 0.25) is 0 Å². The second-order valence-corrected chi connectivity index (χ2v) is 19.4. The van der Waals surface area contributed by atoms with Gasteiger partial charge in [-0.05, 0) is 160 Å². The van der Waals surface area contributed by atoms with Crippen LogP contribution in [0, 0.1) is 0 Å². The third-order valence-corrected chi connectivity index (χ3v) is 14.8. The molecule has 12 rings (SSSR count). The Balaban J connectivity index is 1.07. The molecule has 298 valence electrons. The minimum absolute atomic E-state index is 0.132. The summed E-state index contributed by atoms with van der Waals surface area (Å²) in [6.45, 7) is 14.3. The summed E-state index contributed by atoms with van der Waals surface area (Å²) >= 11 is 0. The van der Waals surface area contributed by atoms with Crippen LogP contribution in [-0.2, 0) is 16.2 Å². The van der Waals surface area contributed by atoms with Crippen molar-refractivity contribution in [3.8, 4) is 55.6 Å². The van der Waals surface area contributed by atoms with Crippen molar-refractivity contribution in [2.24, 2.45) is 0 Å². The summed E-state index contributed by atoms with van der Waals surface area (Å²) in [5.41, 5.74) is 24.2. The monoisotopic (exact) mass is 795 g/mol. The fourth-order valence-corrected chi connectivity index (χ4v) is 11.4. The Morgan fingerprint density at radius 3 is 1.31 bits per heavy atom. The van der Waals surface area contributed by atoms with Gasteiger partial charge in [0.05, 0.1) is 0 Å². The van der Waals surface area contributed by atoms with E-state index in [2.05, 4.69) is 234 Å². The quantitative estimate of drug-likeness (QED) is 0.168. The molecule has 0 N–H and O–H groups in total. The van der Waals surface area contributed by atoms with Gasteiger partial charge in [0.25, 0.3) is 0 Å². The van der Waals surface area contributed by atoms with Gasteiger partial charge >= 0.3 is 0 Å². The van der Waals surface area contributed by atoms with Crippen LogP contribution in [0.1, 0.15) is 74.9 Å². The first-order valence-corrected chi connectivity index (χ1v) is 22.2. The predicted octanol–water partition coefficient (Wildman–Crippen LogP) is 16.6. The van der Waals surface area contributed by atoms with Crippen LogP contribution in [0.2, 0.25) is 0 Å². The van der Waals surface area contributed by atoms with E-state index in [0.29, 0.717) is 0 Å². The smallest absolute Gasteiger partial charge is 0.0473 e. The van der Waals surface area contributed by atoms with Crippen molar-refractivity contribution in [3.05, 3.63) is 221 Å². The molecule has 3 aliphatic carbocycles. The molecule has 0 aliphatic heterocycles. The Labute approximate surface area is 366 Å². The summed E-state index contributed by atoms with van der Waals surface area (Å²) in [6, 6.07) is 71.2. The van der Waals surface area contributed by atoms with Crippen molar-refractivity contribution in [2.75, 3.05) is 4.90 Å². The first-order chi connectivity index (χ1) is 30.0. The highest BCUT2D eigenvalue weighted by atomic mass is 15.1. The highest BCUT2D eigenvalue weighted by Gasteiger charge is 2.39. The van der Waals surface area contributed by atoms with Gasteiger partial charge in [0.15, 0.2) is 0 Å². The summed E-state index contributed by atoms with van der Waals surface area (Å²) < 4.78 is 0. The molecule has 0 spiro atoms. The maximum absolute atomic E-state index is 2.52. The van der Waals surface area contributed by atoms with Crippen LogP contribution in [0.15, 0.2) is 188 Å². The molecular weight excluding hydrogens is 747 g/mol. The zero-order chi connectivity index (χ0) is 42.1. The van der Waals surface area contributed by atoms with Gasteiger partial charge in [-0.1, -0.05) is 169 Å². The van der Waals surface area contributed by atoms with Gasteiger partial charge in [-0.15, -0.1) is 0 Å². The first kappa shape index (κ1) is 36.9. The van der Waals surface area contributed by atoms with E-state index in [9.17, 15) is 0 Å². The summed E-state index contributed by atoms with van der Waals surface area (Å²) in [4.78, 5) is 2.52. The summed E-state index contributed by atoms with van der Waals surface area (Å²) in [6.07, 6.45) is 0. The van der Waals surface area contributed by atoms with Gasteiger partial charge in [0, 0.05) is 33.3 Å². The highest BCUT2D eigenvalue weighted by Crippen LogP contribution is 2.55. The summed E-state index contributed by atoms with van der Waals surface area (Å²) in [5, 5.41) is 2.59. The molecule has 1 heteroatoms. The number of hydrogen-bond donors (Lipinski definition) is 0. The zero-order valence-electron chi connectivity index (χ0n) is 36.3. The Kier molecular flexibility index (Phi) is 7.74. The van der Waals surface area contributed by atoms with E-state index in [4.69, 9.17) is 0 Å². The number of nitrogens with zero attached hydrogens (tertiary/aromatic N) is 1. The van der Waals surface area contributed by atoms with E-state index >= 15 is 0 Å². The topological polar surface area (TPSA) is 3.24 Å². The van der Waals surface area contributed by atoms with Gasteiger partial charge < -0.3 is 4.90 Å². The molecule has 9 aromatic rings. The average molecular weight is 796 g/mol. The Morgan fingerprint density at radius 1 is 0.258 bits per heavy atom. The van der Waals surface area contributed by atoms with Crippen molar-refractivity contribution in [3.63, 3.8) is 0 Å². The van der Waals surface area contributed by atoms with Crippen LogP contribution < -0.4 is 4.90 Å². The molecular formula is C61H49N. The van der Waals surface area contributed by atoms with Gasteiger partial charge in [-0.25, -0.2) is 0 Å². The van der Waals surface area contributed by atoms with Crippen molar-refractivity contribution in [1.29, 1.82) is 0 Å². The number of fused-ring (bicyclic) bond motifs is 10. The third-order valence-electron chi connectivity index (χ3n) is 14.8. The van der Waals surface area contributed by atoms with Crippen molar-refractivity contribution in [2.45, 2.75) is 57.8 Å². The lowest BCUT2D eigenvalue weighted by atomic mass is 9.81. The molecule has 0 amide bonds. The van der Waals surface area contributed by atoms with Gasteiger partial charge in [0.1, 0.15) is 0 Å². The fraction of sp³-hybridized carbons (Fsp3) is 0.148. The summed E-state index contributed by atoms with van der Waals surface area (Å²) in [7, 11) is 0. The standard InChI is InChI=1S/C61H49N/c1-59(2)53-22-14-12-20-47(53)49-28-25-44(36-57(49)59)62(45-26-29-50-48-21-13-15-23-54(48)60(3,4)58(50)37-45)46-31-42(38-16-8-7-9-17-38)30-43(32-46)41-24-27-51-52-33-39-18-10-11-19-40(39)34-56(52)61(5,6)55(51)35-41/h7-37H,1-6H3. The third kappa shape index (κ3) is 5.27. The molecule has 0 saturated heterocycles. The van der Waals surface area contributed by atoms with E-state index in [1.54, 1.807) is 0 Å². The lowest BCUT2D eigenvalue weighted by molar-refractivity contribution is 0.660. The second-order valence-electron chi connectivity index (χ2n) is 19.4. The van der Waals surface area contributed by atoms with E-state index < -0.39 is 0 Å². The van der Waals surface area contributed by atoms with Crippen LogP contribution in [0.3, 0.4) is 0 Å². The molecule has 0 fully saturated rings. The number of hydrogen-bond acceptors (Lipinski definition) is 1. The van der Waals surface area contributed by atoms with Crippen LogP contribution in [0.25, 0.3) is 66.4 Å². The fourth-order valence-electron chi connectivity index (χ4n) is 11.4. The van der Waals surface area contributed by atoms with E-state index in [-0.39, 0.29) is 16.2 Å². The van der Waals surface area contributed by atoms with Crippen LogP contribution in [0.5, 0.6) is 0 Å². The maximum atomic E-state index is 2.52. The first-order valence-electron chi connectivity index (χ1n) is 22.2. The zero-order valence-corrected chi connectivity index (χ0v) is 36.3. The molecule has 0 heterocycles. The number of anilines is 3. The molecule has 0 saturated carbocycles. The maximum Gasteiger partial charge on any atom is 0.0473 e. The van der Waals surface area contributed by atoms with Crippen LogP contribution in [-0.4, -0.2) is 0 Å². The van der Waals surface area contributed by atoms with E-state index in [1.165, 1.54) is 99.8 Å². The van der Waals surface area contributed by atoms with Crippen molar-refractivity contribution >= 4 is 27.8 Å². The second kappa shape index (κ2) is 13.0. The highest BCUT2D eigenvalue weighted by molar-refractivity contribution is 5.95. The normalized spacial score (nSPS) is 15.3. The van der Waals surface area contributed by atoms with Crippen LogP contribution >= 0.6 is 0 Å². The van der Waals surface area contributed by atoms with E-state index in [0.717, 1.165) is 17.1 Å². The molecule has 9 aromatic carbocycles. The molecule has 0 radical (unpaired) electrons. The van der Waals surface area contributed by atoms with Gasteiger partial charge in [-0.3, -0.25) is 0 Å². The molecule has 62 heavy (non-hydrogen) atoms. The SMILES string of the molecule is CC1(C)c2ccccc2-c2ccc(N(c3cc(-c4ccccc4)cc(-c4ccc5c(c4)C(C)(C)c4cc6ccccc6cc4-5)c3)c3ccc4c(c3)C(C)(C)c3ccccc3-4)cc21. The molecule has 0 bridgehead atoms. The number of benzene rings is 9. The average Bonchev–Trinajstić information content (AvgIpc) is 3.77. The lowest BCUT2D eigenvalue weighted by Gasteiger charge is -2.30. The minimum Gasteiger partial charge on any atom is -0.310 e. The van der Waals surface area contributed by atoms with Gasteiger partial charge in [-0.2, -0.15) is 0 Å². The number of rotatable bonds is 5.